The second kappa shape index (κ2) is 6.40. The molecule has 3 heteroatoms. The summed E-state index contributed by atoms with van der Waals surface area (Å²) in [6.07, 6.45) is 0.568. The summed E-state index contributed by atoms with van der Waals surface area (Å²) in [6.45, 7) is 7.54. The number of benzene rings is 1. The summed E-state index contributed by atoms with van der Waals surface area (Å²) in [6, 6.07) is 7.63. The molecule has 0 aliphatic rings. The molecule has 1 aromatic rings. The topological polar surface area (TPSA) is 40.5 Å². The number of hydrogen-bond acceptors (Lipinski definition) is 2. The van der Waals surface area contributed by atoms with Crippen molar-refractivity contribution < 1.29 is 9.90 Å². The molecular weight excluding hydrogens is 214 g/mol. The number of likely N-dealkylation sites (N-methyl/N-ethyl adjacent to an activating group) is 1. The Hall–Kier alpha value is -1.35. The fraction of sp³-hybridized carbons (Fsp3) is 0.500. The number of carboxylic acid groups (broad SMARTS) is 1. The first kappa shape index (κ1) is 13.7. The molecule has 0 saturated carbocycles. The van der Waals surface area contributed by atoms with Gasteiger partial charge in [0.2, 0.25) is 0 Å². The predicted molar refractivity (Wildman–Crippen MR) is 69.2 cm³/mol. The van der Waals surface area contributed by atoms with Crippen molar-refractivity contribution in [3.8, 4) is 0 Å². The van der Waals surface area contributed by atoms with Gasteiger partial charge in [0.25, 0.3) is 0 Å². The van der Waals surface area contributed by atoms with Crippen molar-refractivity contribution in [2.75, 3.05) is 13.1 Å². The highest BCUT2D eigenvalue weighted by Gasteiger charge is 2.23. The van der Waals surface area contributed by atoms with E-state index in [9.17, 15) is 9.90 Å². The summed E-state index contributed by atoms with van der Waals surface area (Å²) < 4.78 is 0. The van der Waals surface area contributed by atoms with Gasteiger partial charge in [0, 0.05) is 0 Å². The van der Waals surface area contributed by atoms with E-state index in [1.807, 2.05) is 43.9 Å². The fourth-order valence-electron chi connectivity index (χ4n) is 2.10. The Labute approximate surface area is 103 Å². The number of aryl methyl sites for hydroxylation is 1. The normalized spacial score (nSPS) is 12.7. The lowest BCUT2D eigenvalue weighted by Gasteiger charge is -2.26. The Bertz CT molecular complexity index is 372. The molecule has 1 aromatic carbocycles. The monoisotopic (exact) mass is 235 g/mol. The number of aliphatic carboxylic acids is 1. The molecule has 0 aromatic heterocycles. The van der Waals surface area contributed by atoms with Crippen molar-refractivity contribution >= 4 is 5.97 Å². The van der Waals surface area contributed by atoms with Crippen LogP contribution in [0, 0.1) is 6.92 Å². The van der Waals surface area contributed by atoms with E-state index in [4.69, 9.17) is 0 Å². The second-order valence-corrected chi connectivity index (χ2v) is 4.27. The molecule has 0 spiro atoms. The first-order valence-electron chi connectivity index (χ1n) is 6.10. The zero-order chi connectivity index (χ0) is 12.8. The van der Waals surface area contributed by atoms with Crippen LogP contribution in [-0.4, -0.2) is 35.1 Å². The maximum atomic E-state index is 11.3. The predicted octanol–water partition coefficient (Wildman–Crippen LogP) is 2.33. The quantitative estimate of drug-likeness (QED) is 0.822. The van der Waals surface area contributed by atoms with Gasteiger partial charge in [0.05, 0.1) is 0 Å². The lowest BCUT2D eigenvalue weighted by molar-refractivity contribution is -0.143. The van der Waals surface area contributed by atoms with Crippen molar-refractivity contribution in [2.24, 2.45) is 0 Å². The highest BCUT2D eigenvalue weighted by Crippen LogP contribution is 2.11. The van der Waals surface area contributed by atoms with Gasteiger partial charge < -0.3 is 5.11 Å². The van der Waals surface area contributed by atoms with Crippen molar-refractivity contribution in [1.29, 1.82) is 0 Å². The van der Waals surface area contributed by atoms with Crippen LogP contribution < -0.4 is 0 Å². The molecular formula is C14H21NO2. The van der Waals surface area contributed by atoms with Gasteiger partial charge in [-0.2, -0.15) is 0 Å². The van der Waals surface area contributed by atoms with Crippen LogP contribution in [0.4, 0.5) is 0 Å². The van der Waals surface area contributed by atoms with Crippen molar-refractivity contribution in [1.82, 2.24) is 4.90 Å². The number of nitrogens with zero attached hydrogens (tertiary/aromatic N) is 1. The van der Waals surface area contributed by atoms with E-state index < -0.39 is 12.0 Å². The van der Waals surface area contributed by atoms with E-state index in [0.29, 0.717) is 6.42 Å². The third-order valence-corrected chi connectivity index (χ3v) is 3.05. The first-order valence-corrected chi connectivity index (χ1v) is 6.10. The molecule has 1 unspecified atom stereocenters. The van der Waals surface area contributed by atoms with Crippen LogP contribution in [0.15, 0.2) is 24.3 Å². The van der Waals surface area contributed by atoms with Crippen LogP contribution in [0.2, 0.25) is 0 Å². The Morgan fingerprint density at radius 2 is 2.00 bits per heavy atom. The van der Waals surface area contributed by atoms with Gasteiger partial charge in [-0.3, -0.25) is 9.69 Å². The van der Waals surface area contributed by atoms with E-state index >= 15 is 0 Å². The molecule has 0 bridgehead atoms. The van der Waals surface area contributed by atoms with Crippen molar-refractivity contribution in [2.45, 2.75) is 33.2 Å². The van der Waals surface area contributed by atoms with Crippen LogP contribution in [-0.2, 0) is 11.2 Å². The molecule has 0 aliphatic heterocycles. The van der Waals surface area contributed by atoms with E-state index in [-0.39, 0.29) is 0 Å². The smallest absolute Gasteiger partial charge is 0.321 e. The standard InChI is InChI=1S/C14H21NO2/c1-4-15(5-2)13(14(16)17)10-12-8-6-7-11(3)9-12/h6-9,13H,4-5,10H2,1-3H3,(H,16,17). The Kier molecular flexibility index (Phi) is 5.16. The largest absolute Gasteiger partial charge is 0.480 e. The minimum absolute atomic E-state index is 0.424. The zero-order valence-corrected chi connectivity index (χ0v) is 10.8. The Morgan fingerprint density at radius 1 is 1.35 bits per heavy atom. The zero-order valence-electron chi connectivity index (χ0n) is 10.8. The van der Waals surface area contributed by atoms with Gasteiger partial charge >= 0.3 is 5.97 Å². The number of carbonyl (C=O) groups is 1. The number of carboxylic acids is 1. The van der Waals surface area contributed by atoms with Gasteiger partial charge in [-0.15, -0.1) is 0 Å². The maximum Gasteiger partial charge on any atom is 0.321 e. The fourth-order valence-corrected chi connectivity index (χ4v) is 2.10. The molecule has 1 rings (SSSR count). The van der Waals surface area contributed by atoms with E-state index in [2.05, 4.69) is 6.07 Å². The third-order valence-electron chi connectivity index (χ3n) is 3.05. The minimum Gasteiger partial charge on any atom is -0.480 e. The molecule has 17 heavy (non-hydrogen) atoms. The van der Waals surface area contributed by atoms with Crippen LogP contribution >= 0.6 is 0 Å². The van der Waals surface area contributed by atoms with Gasteiger partial charge in [-0.1, -0.05) is 43.7 Å². The summed E-state index contributed by atoms with van der Waals surface area (Å²) in [5, 5.41) is 9.29. The minimum atomic E-state index is -0.741. The summed E-state index contributed by atoms with van der Waals surface area (Å²) in [7, 11) is 0. The first-order chi connectivity index (χ1) is 8.08. The van der Waals surface area contributed by atoms with Crippen molar-refractivity contribution in [3.63, 3.8) is 0 Å². The van der Waals surface area contributed by atoms with E-state index in [0.717, 1.165) is 18.7 Å². The Balaban J connectivity index is 2.83. The van der Waals surface area contributed by atoms with Crippen LogP contribution in [0.25, 0.3) is 0 Å². The van der Waals surface area contributed by atoms with E-state index in [1.54, 1.807) is 0 Å². The molecule has 0 radical (unpaired) electrons. The SMILES string of the molecule is CCN(CC)C(Cc1cccc(C)c1)C(=O)O. The molecule has 1 atom stereocenters. The highest BCUT2D eigenvalue weighted by molar-refractivity contribution is 5.74. The molecule has 94 valence electrons. The van der Waals surface area contributed by atoms with E-state index in [1.165, 1.54) is 5.56 Å². The van der Waals surface area contributed by atoms with Gasteiger partial charge in [-0.25, -0.2) is 0 Å². The lowest BCUT2D eigenvalue weighted by atomic mass is 10.0. The van der Waals surface area contributed by atoms with Gasteiger partial charge in [0.15, 0.2) is 0 Å². The molecule has 0 heterocycles. The lowest BCUT2D eigenvalue weighted by Crippen LogP contribution is -2.42. The van der Waals surface area contributed by atoms with Gasteiger partial charge in [0.1, 0.15) is 6.04 Å². The highest BCUT2D eigenvalue weighted by atomic mass is 16.4. The molecule has 1 N–H and O–H groups in total. The van der Waals surface area contributed by atoms with Crippen molar-refractivity contribution in [3.05, 3.63) is 35.4 Å². The Morgan fingerprint density at radius 3 is 2.47 bits per heavy atom. The molecule has 0 saturated heterocycles. The third kappa shape index (κ3) is 3.86. The number of rotatable bonds is 6. The number of hydrogen-bond donors (Lipinski definition) is 1. The average Bonchev–Trinajstić information content (AvgIpc) is 2.29. The molecule has 0 amide bonds. The van der Waals surface area contributed by atoms with Crippen LogP contribution in [0.1, 0.15) is 25.0 Å². The molecule has 3 nitrogen and oxygen atoms in total. The maximum absolute atomic E-state index is 11.3. The average molecular weight is 235 g/mol. The molecule has 0 fully saturated rings. The van der Waals surface area contributed by atoms with Crippen LogP contribution in [0.3, 0.4) is 0 Å². The summed E-state index contributed by atoms with van der Waals surface area (Å²) >= 11 is 0. The summed E-state index contributed by atoms with van der Waals surface area (Å²) in [5.74, 6) is -0.741. The molecule has 0 aliphatic carbocycles. The summed E-state index contributed by atoms with van der Waals surface area (Å²) in [4.78, 5) is 13.3. The second-order valence-electron chi connectivity index (χ2n) is 4.27. The van der Waals surface area contributed by atoms with Crippen LogP contribution in [0.5, 0.6) is 0 Å². The van der Waals surface area contributed by atoms with Gasteiger partial charge in [-0.05, 0) is 32.0 Å². The summed E-state index contributed by atoms with van der Waals surface area (Å²) in [5.41, 5.74) is 2.26.